The van der Waals surface area contributed by atoms with Gasteiger partial charge in [0.15, 0.2) is 5.13 Å². The van der Waals surface area contributed by atoms with E-state index in [1.54, 1.807) is 13.0 Å². The van der Waals surface area contributed by atoms with Gasteiger partial charge in [0.2, 0.25) is 0 Å². The SMILES string of the molecule is CCCOC(C)C(=O)Nc1nc2ccc(N)cc2s1. The number of benzene rings is 1. The topological polar surface area (TPSA) is 77.2 Å². The molecule has 0 fully saturated rings. The molecule has 1 aromatic heterocycles. The zero-order valence-electron chi connectivity index (χ0n) is 11.0. The van der Waals surface area contributed by atoms with Crippen LogP contribution < -0.4 is 11.1 Å². The van der Waals surface area contributed by atoms with Gasteiger partial charge in [-0.25, -0.2) is 4.98 Å². The second kappa shape index (κ2) is 5.99. The van der Waals surface area contributed by atoms with E-state index in [1.807, 2.05) is 19.1 Å². The lowest BCUT2D eigenvalue weighted by molar-refractivity contribution is -0.126. The zero-order valence-corrected chi connectivity index (χ0v) is 11.8. The van der Waals surface area contributed by atoms with E-state index in [2.05, 4.69) is 10.3 Å². The Morgan fingerprint density at radius 2 is 2.37 bits per heavy atom. The second-order valence-electron chi connectivity index (χ2n) is 4.25. The molecule has 19 heavy (non-hydrogen) atoms. The highest BCUT2D eigenvalue weighted by Gasteiger charge is 2.15. The van der Waals surface area contributed by atoms with Gasteiger partial charge in [-0.1, -0.05) is 18.3 Å². The second-order valence-corrected chi connectivity index (χ2v) is 5.28. The largest absolute Gasteiger partial charge is 0.399 e. The van der Waals surface area contributed by atoms with Crippen molar-refractivity contribution in [2.75, 3.05) is 17.7 Å². The third-order valence-corrected chi connectivity index (χ3v) is 3.52. The van der Waals surface area contributed by atoms with Gasteiger partial charge in [0.05, 0.1) is 10.2 Å². The van der Waals surface area contributed by atoms with Gasteiger partial charge >= 0.3 is 0 Å². The Morgan fingerprint density at radius 3 is 3.11 bits per heavy atom. The van der Waals surface area contributed by atoms with Gasteiger partial charge < -0.3 is 10.5 Å². The molecule has 1 atom stereocenters. The highest BCUT2D eigenvalue weighted by atomic mass is 32.1. The number of thiazole rings is 1. The molecule has 1 heterocycles. The normalized spacial score (nSPS) is 12.5. The van der Waals surface area contributed by atoms with Crippen LogP contribution in [0.5, 0.6) is 0 Å². The molecule has 5 nitrogen and oxygen atoms in total. The number of nitrogen functional groups attached to an aromatic ring is 1. The number of carbonyl (C=O) groups is 1. The van der Waals surface area contributed by atoms with Gasteiger partial charge in [-0.2, -0.15) is 0 Å². The minimum Gasteiger partial charge on any atom is -0.399 e. The van der Waals surface area contributed by atoms with Crippen LogP contribution in [0.2, 0.25) is 0 Å². The molecule has 0 aliphatic heterocycles. The smallest absolute Gasteiger partial charge is 0.254 e. The Hall–Kier alpha value is -1.66. The number of hydrogen-bond acceptors (Lipinski definition) is 5. The number of aromatic nitrogens is 1. The quantitative estimate of drug-likeness (QED) is 0.825. The maximum atomic E-state index is 11.9. The summed E-state index contributed by atoms with van der Waals surface area (Å²) in [6.45, 7) is 4.31. The van der Waals surface area contributed by atoms with Crippen molar-refractivity contribution in [1.82, 2.24) is 4.98 Å². The van der Waals surface area contributed by atoms with Crippen molar-refractivity contribution < 1.29 is 9.53 Å². The number of nitrogens with zero attached hydrogens (tertiary/aromatic N) is 1. The molecule has 2 rings (SSSR count). The number of carbonyl (C=O) groups excluding carboxylic acids is 1. The monoisotopic (exact) mass is 279 g/mol. The number of nitrogens with one attached hydrogen (secondary N) is 1. The molecular formula is C13H17N3O2S. The van der Waals surface area contributed by atoms with Crippen LogP contribution >= 0.6 is 11.3 Å². The van der Waals surface area contributed by atoms with Crippen molar-refractivity contribution >= 4 is 38.3 Å². The lowest BCUT2D eigenvalue weighted by Gasteiger charge is -2.10. The van der Waals surface area contributed by atoms with Crippen LogP contribution in [0.1, 0.15) is 20.3 Å². The van der Waals surface area contributed by atoms with E-state index < -0.39 is 6.10 Å². The number of fused-ring (bicyclic) bond motifs is 1. The molecule has 0 aliphatic rings. The average molecular weight is 279 g/mol. The number of hydrogen-bond donors (Lipinski definition) is 2. The fourth-order valence-electron chi connectivity index (χ4n) is 1.57. The molecule has 0 bridgehead atoms. The van der Waals surface area contributed by atoms with Crippen molar-refractivity contribution in [2.24, 2.45) is 0 Å². The van der Waals surface area contributed by atoms with Gasteiger partial charge in [0, 0.05) is 12.3 Å². The van der Waals surface area contributed by atoms with E-state index in [9.17, 15) is 4.79 Å². The van der Waals surface area contributed by atoms with E-state index >= 15 is 0 Å². The van der Waals surface area contributed by atoms with Crippen molar-refractivity contribution in [2.45, 2.75) is 26.4 Å². The van der Waals surface area contributed by atoms with Crippen LogP contribution in [0, 0.1) is 0 Å². The molecule has 102 valence electrons. The molecular weight excluding hydrogens is 262 g/mol. The van der Waals surface area contributed by atoms with Crippen LogP contribution in [-0.2, 0) is 9.53 Å². The Kier molecular flexibility index (Phi) is 4.34. The first-order valence-electron chi connectivity index (χ1n) is 6.18. The first-order valence-corrected chi connectivity index (χ1v) is 7.00. The standard InChI is InChI=1S/C13H17N3O2S/c1-3-6-18-8(2)12(17)16-13-15-10-5-4-9(14)7-11(10)19-13/h4-5,7-8H,3,6,14H2,1-2H3,(H,15,16,17). The molecule has 1 amide bonds. The predicted octanol–water partition coefficient (Wildman–Crippen LogP) is 2.63. The number of nitrogens with two attached hydrogens (primary N) is 1. The molecule has 0 spiro atoms. The third-order valence-electron chi connectivity index (χ3n) is 2.58. The van der Waals surface area contributed by atoms with Crippen molar-refractivity contribution in [1.29, 1.82) is 0 Å². The van der Waals surface area contributed by atoms with E-state index in [0.29, 0.717) is 17.4 Å². The zero-order chi connectivity index (χ0) is 13.8. The molecule has 0 radical (unpaired) electrons. The molecule has 1 aromatic carbocycles. The Morgan fingerprint density at radius 1 is 1.58 bits per heavy atom. The highest BCUT2D eigenvalue weighted by Crippen LogP contribution is 2.27. The Bertz CT molecular complexity index is 582. The fourth-order valence-corrected chi connectivity index (χ4v) is 2.49. The summed E-state index contributed by atoms with van der Waals surface area (Å²) in [5, 5.41) is 3.33. The summed E-state index contributed by atoms with van der Waals surface area (Å²) in [6, 6.07) is 5.48. The van der Waals surface area contributed by atoms with E-state index in [4.69, 9.17) is 10.5 Å². The summed E-state index contributed by atoms with van der Waals surface area (Å²) in [5.41, 5.74) is 7.23. The molecule has 2 aromatic rings. The van der Waals surface area contributed by atoms with E-state index in [0.717, 1.165) is 16.6 Å². The van der Waals surface area contributed by atoms with E-state index in [1.165, 1.54) is 11.3 Å². The first kappa shape index (κ1) is 13.8. The molecule has 0 saturated heterocycles. The molecule has 0 saturated carbocycles. The molecule has 0 aliphatic carbocycles. The van der Waals surface area contributed by atoms with Crippen molar-refractivity contribution in [3.8, 4) is 0 Å². The van der Waals surface area contributed by atoms with Crippen LogP contribution in [0.4, 0.5) is 10.8 Å². The summed E-state index contributed by atoms with van der Waals surface area (Å²) < 4.78 is 6.32. The minimum absolute atomic E-state index is 0.180. The van der Waals surface area contributed by atoms with Crippen molar-refractivity contribution in [3.05, 3.63) is 18.2 Å². The van der Waals surface area contributed by atoms with Crippen molar-refractivity contribution in [3.63, 3.8) is 0 Å². The van der Waals surface area contributed by atoms with Crippen LogP contribution in [0.15, 0.2) is 18.2 Å². The lowest BCUT2D eigenvalue weighted by atomic mass is 10.3. The van der Waals surface area contributed by atoms with E-state index in [-0.39, 0.29) is 5.91 Å². The van der Waals surface area contributed by atoms with Gasteiger partial charge in [0.1, 0.15) is 6.10 Å². The lowest BCUT2D eigenvalue weighted by Crippen LogP contribution is -2.27. The van der Waals surface area contributed by atoms with Gasteiger partial charge in [-0.15, -0.1) is 0 Å². The molecule has 6 heteroatoms. The number of ether oxygens (including phenoxy) is 1. The summed E-state index contributed by atoms with van der Waals surface area (Å²) in [7, 11) is 0. The Balaban J connectivity index is 2.06. The third kappa shape index (κ3) is 3.42. The van der Waals surface area contributed by atoms with Crippen LogP contribution in [0.3, 0.4) is 0 Å². The summed E-state index contributed by atoms with van der Waals surface area (Å²) >= 11 is 1.40. The number of rotatable bonds is 5. The van der Waals surface area contributed by atoms with Crippen LogP contribution in [-0.4, -0.2) is 23.6 Å². The Labute approximate surface area is 115 Å². The predicted molar refractivity (Wildman–Crippen MR) is 78.4 cm³/mol. The molecule has 1 unspecified atom stereocenters. The molecule has 3 N–H and O–H groups in total. The number of anilines is 2. The maximum absolute atomic E-state index is 11.9. The number of amides is 1. The average Bonchev–Trinajstić information content (AvgIpc) is 2.77. The van der Waals surface area contributed by atoms with Gasteiger partial charge in [-0.3, -0.25) is 10.1 Å². The van der Waals surface area contributed by atoms with Crippen LogP contribution in [0.25, 0.3) is 10.2 Å². The minimum atomic E-state index is -0.475. The highest BCUT2D eigenvalue weighted by molar-refractivity contribution is 7.22. The fraction of sp³-hybridized carbons (Fsp3) is 0.385. The summed E-state index contributed by atoms with van der Waals surface area (Å²) in [6.07, 6.45) is 0.412. The summed E-state index contributed by atoms with van der Waals surface area (Å²) in [5.74, 6) is -0.180. The first-order chi connectivity index (χ1) is 9.10. The summed E-state index contributed by atoms with van der Waals surface area (Å²) in [4.78, 5) is 16.2. The maximum Gasteiger partial charge on any atom is 0.254 e. The van der Waals surface area contributed by atoms with Gasteiger partial charge in [0.25, 0.3) is 5.91 Å². The van der Waals surface area contributed by atoms with Gasteiger partial charge in [-0.05, 0) is 31.5 Å².